The Bertz CT molecular complexity index is 558. The molecule has 0 spiro atoms. The highest BCUT2D eigenvalue weighted by Gasteiger charge is 2.38. The van der Waals surface area contributed by atoms with Crippen molar-refractivity contribution in [3.63, 3.8) is 0 Å². The van der Waals surface area contributed by atoms with Crippen LogP contribution in [-0.4, -0.2) is 36.2 Å². The van der Waals surface area contributed by atoms with Crippen LogP contribution < -0.4 is 5.73 Å². The van der Waals surface area contributed by atoms with Gasteiger partial charge in [0, 0.05) is 12.7 Å². The summed E-state index contributed by atoms with van der Waals surface area (Å²) in [5.74, 6) is -0.627. The molecular formula is C10H12ClN3O3S. The van der Waals surface area contributed by atoms with Gasteiger partial charge in [-0.1, -0.05) is 11.6 Å². The van der Waals surface area contributed by atoms with Crippen molar-refractivity contribution in [1.29, 1.82) is 0 Å². The number of aromatic nitrogens is 1. The minimum absolute atomic E-state index is 0.0139. The third-order valence-electron chi connectivity index (χ3n) is 2.84. The number of rotatable bonds is 3. The summed E-state index contributed by atoms with van der Waals surface area (Å²) in [7, 11) is -3.74. The lowest BCUT2D eigenvalue weighted by atomic mass is 10.2. The van der Waals surface area contributed by atoms with Crippen LogP contribution in [0.15, 0.2) is 23.2 Å². The first-order valence-electron chi connectivity index (χ1n) is 5.35. The number of sulfonamides is 1. The summed E-state index contributed by atoms with van der Waals surface area (Å²) in [6.45, 7) is 0.290. The Morgan fingerprint density at radius 2 is 2.22 bits per heavy atom. The van der Waals surface area contributed by atoms with E-state index in [4.69, 9.17) is 17.3 Å². The van der Waals surface area contributed by atoms with Gasteiger partial charge in [0.05, 0.1) is 0 Å². The van der Waals surface area contributed by atoms with Crippen molar-refractivity contribution in [2.24, 2.45) is 5.73 Å². The van der Waals surface area contributed by atoms with Gasteiger partial charge in [-0.15, -0.1) is 0 Å². The van der Waals surface area contributed by atoms with E-state index in [0.717, 1.165) is 4.31 Å². The van der Waals surface area contributed by atoms with Crippen LogP contribution >= 0.6 is 11.6 Å². The average Bonchev–Trinajstić information content (AvgIpc) is 2.79. The molecule has 1 atom stereocenters. The molecule has 18 heavy (non-hydrogen) atoms. The molecule has 98 valence electrons. The van der Waals surface area contributed by atoms with Gasteiger partial charge in [-0.25, -0.2) is 13.4 Å². The zero-order chi connectivity index (χ0) is 13.3. The van der Waals surface area contributed by atoms with Crippen molar-refractivity contribution in [3.05, 3.63) is 23.5 Å². The number of nitrogens with two attached hydrogens (primary N) is 1. The van der Waals surface area contributed by atoms with Crippen LogP contribution in [0.3, 0.4) is 0 Å². The second kappa shape index (κ2) is 4.83. The summed E-state index contributed by atoms with van der Waals surface area (Å²) < 4.78 is 25.7. The van der Waals surface area contributed by atoms with Crippen LogP contribution in [0.4, 0.5) is 0 Å². The second-order valence-electron chi connectivity index (χ2n) is 3.99. The van der Waals surface area contributed by atoms with Crippen molar-refractivity contribution in [2.45, 2.75) is 23.8 Å². The van der Waals surface area contributed by atoms with E-state index in [1.54, 1.807) is 0 Å². The molecule has 2 heterocycles. The predicted octanol–water partition coefficient (Wildman–Crippen LogP) is 0.373. The number of primary amides is 1. The number of amides is 1. The number of hydrogen-bond donors (Lipinski definition) is 1. The maximum Gasteiger partial charge on any atom is 0.245 e. The van der Waals surface area contributed by atoms with Gasteiger partial charge in [-0.3, -0.25) is 4.79 Å². The lowest BCUT2D eigenvalue weighted by Gasteiger charge is -2.21. The summed E-state index contributed by atoms with van der Waals surface area (Å²) in [6, 6.07) is 1.98. The Morgan fingerprint density at radius 1 is 1.50 bits per heavy atom. The predicted molar refractivity (Wildman–Crippen MR) is 65.4 cm³/mol. The molecule has 0 unspecified atom stereocenters. The molecule has 0 aliphatic carbocycles. The number of nitrogens with zero attached hydrogens (tertiary/aromatic N) is 2. The first kappa shape index (κ1) is 13.3. The Morgan fingerprint density at radius 3 is 2.78 bits per heavy atom. The molecule has 1 fully saturated rings. The van der Waals surface area contributed by atoms with Crippen LogP contribution in [0, 0.1) is 0 Å². The summed E-state index contributed by atoms with van der Waals surface area (Å²) >= 11 is 5.61. The topological polar surface area (TPSA) is 93.4 Å². The van der Waals surface area contributed by atoms with Gasteiger partial charge in [0.1, 0.15) is 16.1 Å². The number of pyridine rings is 1. The lowest BCUT2D eigenvalue weighted by molar-refractivity contribution is -0.121. The minimum atomic E-state index is -3.74. The van der Waals surface area contributed by atoms with E-state index in [-0.39, 0.29) is 10.0 Å². The highest BCUT2D eigenvalue weighted by Crippen LogP contribution is 2.25. The molecule has 1 aromatic rings. The molecule has 6 nitrogen and oxygen atoms in total. The fraction of sp³-hybridized carbons (Fsp3) is 0.400. The Hall–Kier alpha value is -1.18. The van der Waals surface area contributed by atoms with E-state index >= 15 is 0 Å². The van der Waals surface area contributed by atoms with Crippen molar-refractivity contribution in [3.8, 4) is 0 Å². The largest absolute Gasteiger partial charge is 0.368 e. The van der Waals surface area contributed by atoms with Crippen LogP contribution in [0.25, 0.3) is 0 Å². The van der Waals surface area contributed by atoms with E-state index in [2.05, 4.69) is 4.98 Å². The monoisotopic (exact) mass is 289 g/mol. The highest BCUT2D eigenvalue weighted by atomic mass is 35.5. The maximum absolute atomic E-state index is 12.3. The maximum atomic E-state index is 12.3. The first-order chi connectivity index (χ1) is 8.43. The molecule has 1 saturated heterocycles. The van der Waals surface area contributed by atoms with Crippen molar-refractivity contribution in [1.82, 2.24) is 9.29 Å². The Balaban J connectivity index is 2.36. The minimum Gasteiger partial charge on any atom is -0.368 e. The molecular weight excluding hydrogens is 278 g/mol. The molecule has 0 radical (unpaired) electrons. The molecule has 8 heteroatoms. The van der Waals surface area contributed by atoms with Gasteiger partial charge < -0.3 is 5.73 Å². The Labute approximate surface area is 110 Å². The van der Waals surface area contributed by atoms with Crippen LogP contribution in [0.2, 0.25) is 5.15 Å². The summed E-state index contributed by atoms with van der Waals surface area (Å²) in [5.41, 5.74) is 5.21. The van der Waals surface area contributed by atoms with Crippen LogP contribution in [0.1, 0.15) is 12.8 Å². The van der Waals surface area contributed by atoms with Crippen molar-refractivity contribution < 1.29 is 13.2 Å². The van der Waals surface area contributed by atoms with Gasteiger partial charge >= 0.3 is 0 Å². The standard InChI is InChI=1S/C10H12ClN3O3S/c11-9-4-3-7(6-13-9)18(16,17)14-5-1-2-8(14)10(12)15/h3-4,6,8H,1-2,5H2,(H2,12,15)/t8-/m0/s1. The molecule has 1 aliphatic rings. The molecule has 2 rings (SSSR count). The van der Waals surface area contributed by atoms with E-state index < -0.39 is 22.0 Å². The van der Waals surface area contributed by atoms with E-state index in [1.807, 2.05) is 0 Å². The van der Waals surface area contributed by atoms with E-state index in [9.17, 15) is 13.2 Å². The average molecular weight is 290 g/mol. The zero-order valence-corrected chi connectivity index (χ0v) is 11.0. The first-order valence-corrected chi connectivity index (χ1v) is 7.17. The zero-order valence-electron chi connectivity index (χ0n) is 9.41. The number of carbonyl (C=O) groups excluding carboxylic acids is 1. The second-order valence-corrected chi connectivity index (χ2v) is 6.27. The van der Waals surface area contributed by atoms with Crippen LogP contribution in [-0.2, 0) is 14.8 Å². The van der Waals surface area contributed by atoms with E-state index in [0.29, 0.717) is 19.4 Å². The number of carbonyl (C=O) groups is 1. The fourth-order valence-electron chi connectivity index (χ4n) is 1.96. The summed E-state index contributed by atoms with van der Waals surface area (Å²) in [4.78, 5) is 15.0. The molecule has 1 aromatic heterocycles. The molecule has 0 saturated carbocycles. The van der Waals surface area contributed by atoms with Gasteiger partial charge in [-0.05, 0) is 25.0 Å². The normalized spacial score (nSPS) is 21.1. The number of halogens is 1. The Kier molecular flexibility index (Phi) is 3.56. The summed E-state index contributed by atoms with van der Waals surface area (Å²) in [6.07, 6.45) is 2.25. The van der Waals surface area contributed by atoms with E-state index in [1.165, 1.54) is 18.3 Å². The third-order valence-corrected chi connectivity index (χ3v) is 4.95. The SMILES string of the molecule is NC(=O)[C@@H]1CCCN1S(=O)(=O)c1ccc(Cl)nc1. The van der Waals surface area contributed by atoms with Crippen molar-refractivity contribution in [2.75, 3.05) is 6.54 Å². The van der Waals surface area contributed by atoms with Gasteiger partial charge in [-0.2, -0.15) is 4.31 Å². The number of hydrogen-bond acceptors (Lipinski definition) is 4. The van der Waals surface area contributed by atoms with Gasteiger partial charge in [0.25, 0.3) is 0 Å². The lowest BCUT2D eigenvalue weighted by Crippen LogP contribution is -2.43. The highest BCUT2D eigenvalue weighted by molar-refractivity contribution is 7.89. The third kappa shape index (κ3) is 2.33. The van der Waals surface area contributed by atoms with Gasteiger partial charge in [0.15, 0.2) is 0 Å². The quantitative estimate of drug-likeness (QED) is 0.814. The fourth-order valence-corrected chi connectivity index (χ4v) is 3.68. The molecule has 1 aliphatic heterocycles. The molecule has 0 aromatic carbocycles. The summed E-state index contributed by atoms with van der Waals surface area (Å²) in [5, 5.41) is 0.210. The molecule has 0 bridgehead atoms. The smallest absolute Gasteiger partial charge is 0.245 e. The molecule has 2 N–H and O–H groups in total. The molecule has 1 amide bonds. The van der Waals surface area contributed by atoms with Gasteiger partial charge in [0.2, 0.25) is 15.9 Å². The van der Waals surface area contributed by atoms with Crippen LogP contribution in [0.5, 0.6) is 0 Å². The van der Waals surface area contributed by atoms with Crippen molar-refractivity contribution >= 4 is 27.5 Å².